The van der Waals surface area contributed by atoms with Crippen molar-refractivity contribution >= 4 is 0 Å². The maximum Gasteiger partial charge on any atom is 0.0483 e. The van der Waals surface area contributed by atoms with Gasteiger partial charge in [0.1, 0.15) is 0 Å². The first-order valence-corrected chi connectivity index (χ1v) is 4.60. The largest absolute Gasteiger partial charge is 0.300 e. The number of rotatable bonds is 2. The molecule has 1 aliphatic heterocycles. The molecule has 0 radical (unpaired) electrons. The molecule has 0 saturated carbocycles. The standard InChI is InChI=1S/C9H20N2/c1-5-8-9(7(2)3)11(4)6-10-8/h7-10H,5-6H2,1-4H3. The summed E-state index contributed by atoms with van der Waals surface area (Å²) in [5, 5.41) is 3.51. The van der Waals surface area contributed by atoms with Crippen molar-refractivity contribution in [3.05, 3.63) is 0 Å². The highest BCUT2D eigenvalue weighted by Gasteiger charge is 2.31. The summed E-state index contributed by atoms with van der Waals surface area (Å²) >= 11 is 0. The molecule has 2 heteroatoms. The van der Waals surface area contributed by atoms with Gasteiger partial charge in [-0.1, -0.05) is 20.8 Å². The Morgan fingerprint density at radius 1 is 1.55 bits per heavy atom. The van der Waals surface area contributed by atoms with Gasteiger partial charge in [-0.2, -0.15) is 0 Å². The van der Waals surface area contributed by atoms with E-state index in [0.29, 0.717) is 6.04 Å². The average Bonchev–Trinajstić information content (AvgIpc) is 2.30. The maximum absolute atomic E-state index is 3.51. The molecular formula is C9H20N2. The summed E-state index contributed by atoms with van der Waals surface area (Å²) in [6.07, 6.45) is 1.24. The molecule has 1 N–H and O–H groups in total. The Morgan fingerprint density at radius 2 is 2.18 bits per heavy atom. The molecule has 0 aromatic rings. The summed E-state index contributed by atoms with van der Waals surface area (Å²) in [6, 6.07) is 1.44. The molecule has 0 aromatic heterocycles. The lowest BCUT2D eigenvalue weighted by Gasteiger charge is -2.26. The van der Waals surface area contributed by atoms with Crippen LogP contribution in [0.2, 0.25) is 0 Å². The summed E-state index contributed by atoms with van der Waals surface area (Å²) in [7, 11) is 2.20. The third kappa shape index (κ3) is 1.74. The molecule has 1 aliphatic rings. The van der Waals surface area contributed by atoms with Crippen LogP contribution in [-0.4, -0.2) is 30.7 Å². The second-order valence-corrected chi connectivity index (χ2v) is 3.87. The first-order chi connectivity index (χ1) is 5.16. The van der Waals surface area contributed by atoms with Gasteiger partial charge in [0.2, 0.25) is 0 Å². The van der Waals surface area contributed by atoms with Crippen LogP contribution < -0.4 is 5.32 Å². The minimum atomic E-state index is 0.708. The Balaban J connectivity index is 2.56. The van der Waals surface area contributed by atoms with Crippen LogP contribution in [0, 0.1) is 5.92 Å². The van der Waals surface area contributed by atoms with Crippen LogP contribution in [0.15, 0.2) is 0 Å². The fourth-order valence-corrected chi connectivity index (χ4v) is 2.15. The van der Waals surface area contributed by atoms with Gasteiger partial charge in [0.15, 0.2) is 0 Å². The number of likely N-dealkylation sites (N-methyl/N-ethyl adjacent to an activating group) is 1. The summed E-state index contributed by atoms with van der Waals surface area (Å²) in [4.78, 5) is 2.42. The zero-order valence-electron chi connectivity index (χ0n) is 8.09. The lowest BCUT2D eigenvalue weighted by molar-refractivity contribution is 0.233. The zero-order chi connectivity index (χ0) is 8.43. The van der Waals surface area contributed by atoms with E-state index < -0.39 is 0 Å². The minimum Gasteiger partial charge on any atom is -0.300 e. The molecule has 2 unspecified atom stereocenters. The fraction of sp³-hybridized carbons (Fsp3) is 1.00. The van der Waals surface area contributed by atoms with Gasteiger partial charge in [0, 0.05) is 18.8 Å². The predicted octanol–water partition coefficient (Wildman–Crippen LogP) is 1.28. The Kier molecular flexibility index (Phi) is 2.90. The van der Waals surface area contributed by atoms with E-state index in [1.165, 1.54) is 6.42 Å². The van der Waals surface area contributed by atoms with Crippen molar-refractivity contribution in [2.24, 2.45) is 5.92 Å². The van der Waals surface area contributed by atoms with Gasteiger partial charge in [-0.3, -0.25) is 10.2 Å². The average molecular weight is 156 g/mol. The molecule has 1 saturated heterocycles. The molecule has 0 bridgehead atoms. The number of hydrogen-bond acceptors (Lipinski definition) is 2. The van der Waals surface area contributed by atoms with Crippen molar-refractivity contribution in [1.82, 2.24) is 10.2 Å². The summed E-state index contributed by atoms with van der Waals surface area (Å²) in [5.74, 6) is 0.764. The van der Waals surface area contributed by atoms with Gasteiger partial charge in [-0.05, 0) is 19.4 Å². The summed E-state index contributed by atoms with van der Waals surface area (Å²) in [6.45, 7) is 7.92. The van der Waals surface area contributed by atoms with Gasteiger partial charge < -0.3 is 0 Å². The van der Waals surface area contributed by atoms with Crippen molar-refractivity contribution in [3.63, 3.8) is 0 Å². The van der Waals surface area contributed by atoms with E-state index in [0.717, 1.165) is 18.6 Å². The molecule has 11 heavy (non-hydrogen) atoms. The normalized spacial score (nSPS) is 33.5. The van der Waals surface area contributed by atoms with Crippen molar-refractivity contribution < 1.29 is 0 Å². The lowest BCUT2D eigenvalue weighted by atomic mass is 9.96. The van der Waals surface area contributed by atoms with Crippen molar-refractivity contribution in [2.45, 2.75) is 39.3 Å². The number of nitrogens with one attached hydrogen (secondary N) is 1. The first-order valence-electron chi connectivity index (χ1n) is 4.60. The van der Waals surface area contributed by atoms with E-state index in [9.17, 15) is 0 Å². The molecule has 2 nitrogen and oxygen atoms in total. The maximum atomic E-state index is 3.51. The lowest BCUT2D eigenvalue weighted by Crippen LogP contribution is -2.38. The van der Waals surface area contributed by atoms with Crippen LogP contribution in [-0.2, 0) is 0 Å². The Morgan fingerprint density at radius 3 is 2.55 bits per heavy atom. The molecule has 2 atom stereocenters. The highest BCUT2D eigenvalue weighted by molar-refractivity contribution is 4.89. The van der Waals surface area contributed by atoms with Crippen LogP contribution in [0.1, 0.15) is 27.2 Å². The Bertz CT molecular complexity index is 123. The highest BCUT2D eigenvalue weighted by Crippen LogP contribution is 2.19. The summed E-state index contributed by atoms with van der Waals surface area (Å²) < 4.78 is 0. The van der Waals surface area contributed by atoms with E-state index in [-0.39, 0.29) is 0 Å². The molecule has 0 spiro atoms. The Hall–Kier alpha value is -0.0800. The van der Waals surface area contributed by atoms with Crippen molar-refractivity contribution in [2.75, 3.05) is 13.7 Å². The van der Waals surface area contributed by atoms with Gasteiger partial charge in [-0.15, -0.1) is 0 Å². The predicted molar refractivity (Wildman–Crippen MR) is 48.5 cm³/mol. The molecule has 0 amide bonds. The Labute approximate surface area is 70.0 Å². The van der Waals surface area contributed by atoms with Crippen LogP contribution in [0.5, 0.6) is 0 Å². The van der Waals surface area contributed by atoms with Gasteiger partial charge >= 0.3 is 0 Å². The van der Waals surface area contributed by atoms with Gasteiger partial charge in [0.05, 0.1) is 0 Å². The number of hydrogen-bond donors (Lipinski definition) is 1. The van der Waals surface area contributed by atoms with E-state index in [1.807, 2.05) is 0 Å². The second kappa shape index (κ2) is 3.55. The molecule has 1 heterocycles. The molecule has 1 rings (SSSR count). The number of nitrogens with zero attached hydrogens (tertiary/aromatic N) is 1. The topological polar surface area (TPSA) is 15.3 Å². The fourth-order valence-electron chi connectivity index (χ4n) is 2.15. The molecule has 0 aliphatic carbocycles. The first kappa shape index (κ1) is 9.01. The van der Waals surface area contributed by atoms with E-state index in [1.54, 1.807) is 0 Å². The SMILES string of the molecule is CCC1NCN(C)C1C(C)C. The van der Waals surface area contributed by atoms with Gasteiger partial charge in [0.25, 0.3) is 0 Å². The zero-order valence-corrected chi connectivity index (χ0v) is 8.09. The monoisotopic (exact) mass is 156 g/mol. The highest BCUT2D eigenvalue weighted by atomic mass is 15.3. The van der Waals surface area contributed by atoms with Crippen LogP contribution in [0.4, 0.5) is 0 Å². The molecule has 66 valence electrons. The quantitative estimate of drug-likeness (QED) is 0.648. The third-order valence-electron chi connectivity index (χ3n) is 2.65. The smallest absolute Gasteiger partial charge is 0.0483 e. The molecular weight excluding hydrogens is 136 g/mol. The minimum absolute atomic E-state index is 0.708. The third-order valence-corrected chi connectivity index (χ3v) is 2.65. The van der Waals surface area contributed by atoms with Crippen molar-refractivity contribution in [1.29, 1.82) is 0 Å². The van der Waals surface area contributed by atoms with Crippen LogP contribution >= 0.6 is 0 Å². The van der Waals surface area contributed by atoms with Crippen LogP contribution in [0.3, 0.4) is 0 Å². The van der Waals surface area contributed by atoms with Gasteiger partial charge in [-0.25, -0.2) is 0 Å². The van der Waals surface area contributed by atoms with E-state index in [2.05, 4.69) is 38.0 Å². The van der Waals surface area contributed by atoms with E-state index in [4.69, 9.17) is 0 Å². The van der Waals surface area contributed by atoms with Crippen molar-refractivity contribution in [3.8, 4) is 0 Å². The molecule has 1 fully saturated rings. The van der Waals surface area contributed by atoms with E-state index >= 15 is 0 Å². The summed E-state index contributed by atoms with van der Waals surface area (Å²) in [5.41, 5.74) is 0. The second-order valence-electron chi connectivity index (χ2n) is 3.87. The molecule has 0 aromatic carbocycles. The van der Waals surface area contributed by atoms with Crippen LogP contribution in [0.25, 0.3) is 0 Å².